The van der Waals surface area contributed by atoms with Crippen molar-refractivity contribution in [3.63, 3.8) is 0 Å². The first-order valence-electron chi connectivity index (χ1n) is 9.46. The average molecular weight is 425 g/mol. The Labute approximate surface area is 171 Å². The van der Waals surface area contributed by atoms with E-state index >= 15 is 0 Å². The van der Waals surface area contributed by atoms with E-state index in [1.807, 2.05) is 19.1 Å². The Bertz CT molecular complexity index is 913. The molecule has 0 aliphatic rings. The zero-order chi connectivity index (χ0) is 20.6. The predicted molar refractivity (Wildman–Crippen MR) is 116 cm³/mol. The smallest absolute Gasteiger partial charge is 0.249 e. The van der Waals surface area contributed by atoms with Crippen LogP contribution in [0.25, 0.3) is 0 Å². The van der Waals surface area contributed by atoms with E-state index in [2.05, 4.69) is 42.7 Å². The van der Waals surface area contributed by atoms with Crippen LogP contribution in [0.4, 0.5) is 22.2 Å². The standard InChI is InChI=1S/C18H28N6O2S2/c1-5-10-24(11-6-2)15-8-9-16(20-21-18-19-14(4)22-27-18)17(13-15)23-28(25,26)12-7-3/h8-9,13H,5-7,10-12H2,1-4H3,(H,23,25,26). The summed E-state index contributed by atoms with van der Waals surface area (Å²) in [6.07, 6.45) is 2.59. The second-order valence-electron chi connectivity index (χ2n) is 6.39. The highest BCUT2D eigenvalue weighted by atomic mass is 32.2. The van der Waals surface area contributed by atoms with Gasteiger partial charge in [-0.1, -0.05) is 20.8 Å². The van der Waals surface area contributed by atoms with E-state index in [1.54, 1.807) is 13.0 Å². The van der Waals surface area contributed by atoms with E-state index < -0.39 is 10.0 Å². The first-order valence-corrected chi connectivity index (χ1v) is 11.9. The van der Waals surface area contributed by atoms with E-state index in [1.165, 1.54) is 0 Å². The fraction of sp³-hybridized carbons (Fsp3) is 0.556. The van der Waals surface area contributed by atoms with E-state index in [9.17, 15) is 8.76 Å². The van der Waals surface area contributed by atoms with Gasteiger partial charge in [0.15, 0.2) is 10.0 Å². The van der Waals surface area contributed by atoms with Gasteiger partial charge in [0.05, 0.1) is 5.75 Å². The lowest BCUT2D eigenvalue weighted by molar-refractivity contribution is 0.550. The topological polar surface area (TPSA) is 103 Å². The van der Waals surface area contributed by atoms with Crippen LogP contribution in [0, 0.1) is 6.92 Å². The zero-order valence-corrected chi connectivity index (χ0v) is 18.5. The number of anilines is 1. The quantitative estimate of drug-likeness (QED) is 0.480. The van der Waals surface area contributed by atoms with Crippen LogP contribution >= 0.6 is 11.5 Å². The molecule has 0 saturated heterocycles. The lowest BCUT2D eigenvalue weighted by atomic mass is 10.2. The van der Waals surface area contributed by atoms with Crippen molar-refractivity contribution in [3.05, 3.63) is 24.0 Å². The second kappa shape index (κ2) is 10.6. The van der Waals surface area contributed by atoms with E-state index in [4.69, 9.17) is 0 Å². The molecule has 1 unspecified atom stereocenters. The molecule has 2 aromatic rings. The minimum absolute atomic E-state index is 0.108. The minimum atomic E-state index is -3.32. The molecule has 154 valence electrons. The van der Waals surface area contributed by atoms with Gasteiger partial charge in [-0.25, -0.2) is 9.19 Å². The zero-order valence-electron chi connectivity index (χ0n) is 16.8. The maximum absolute atomic E-state index is 12.4. The largest absolute Gasteiger partial charge is 0.371 e. The number of hydrogen-bond acceptors (Lipinski definition) is 8. The summed E-state index contributed by atoms with van der Waals surface area (Å²) in [6, 6.07) is 5.55. The minimum Gasteiger partial charge on any atom is -0.371 e. The maximum Gasteiger partial charge on any atom is 0.249 e. The molecule has 0 saturated carbocycles. The van der Waals surface area contributed by atoms with Crippen LogP contribution in [0.5, 0.6) is 0 Å². The van der Waals surface area contributed by atoms with Crippen LogP contribution in [0.2, 0.25) is 0 Å². The van der Waals surface area contributed by atoms with Crippen molar-refractivity contribution in [1.82, 2.24) is 9.36 Å². The Hall–Kier alpha value is -1.91. The Morgan fingerprint density at radius 2 is 1.82 bits per heavy atom. The van der Waals surface area contributed by atoms with E-state index in [-0.39, 0.29) is 5.75 Å². The fourth-order valence-electron chi connectivity index (χ4n) is 2.66. The highest BCUT2D eigenvalue weighted by Crippen LogP contribution is 2.35. The Kier molecular flexibility index (Phi) is 8.46. The third-order valence-corrected chi connectivity index (χ3v) is 5.90. The molecule has 1 heterocycles. The van der Waals surface area contributed by atoms with Gasteiger partial charge in [-0.05, 0) is 44.4 Å². The normalized spacial score (nSPS) is 13.6. The van der Waals surface area contributed by atoms with Crippen molar-refractivity contribution >= 4 is 43.7 Å². The van der Waals surface area contributed by atoms with Crippen LogP contribution in [-0.4, -0.2) is 37.0 Å². The molecule has 28 heavy (non-hydrogen) atoms. The summed E-state index contributed by atoms with van der Waals surface area (Å²) in [5.41, 5.74) is 1.75. The maximum atomic E-state index is 12.4. The van der Waals surface area contributed by atoms with E-state index in [0.29, 0.717) is 28.8 Å². The van der Waals surface area contributed by atoms with Gasteiger partial charge in [0.1, 0.15) is 17.2 Å². The van der Waals surface area contributed by atoms with Crippen LogP contribution in [0.3, 0.4) is 0 Å². The lowest BCUT2D eigenvalue weighted by Gasteiger charge is -2.24. The van der Waals surface area contributed by atoms with Gasteiger partial charge in [0.2, 0.25) is 5.13 Å². The molecule has 1 aromatic heterocycles. The van der Waals surface area contributed by atoms with Gasteiger partial charge in [-0.3, -0.25) is 0 Å². The van der Waals surface area contributed by atoms with Gasteiger partial charge in [0.25, 0.3) is 0 Å². The molecule has 1 aromatic carbocycles. The number of benzene rings is 1. The van der Waals surface area contributed by atoms with Crippen molar-refractivity contribution < 1.29 is 8.76 Å². The highest BCUT2D eigenvalue weighted by molar-refractivity contribution is 7.88. The lowest BCUT2D eigenvalue weighted by Crippen LogP contribution is -2.24. The number of hydrogen-bond donors (Lipinski definition) is 1. The summed E-state index contributed by atoms with van der Waals surface area (Å²) in [4.78, 5) is 6.40. The molecule has 0 spiro atoms. The number of rotatable bonds is 10. The van der Waals surface area contributed by atoms with Crippen molar-refractivity contribution in [2.75, 3.05) is 23.7 Å². The van der Waals surface area contributed by atoms with Gasteiger partial charge in [0, 0.05) is 30.3 Å². The molecule has 1 N–H and O–H groups in total. The molecule has 0 bridgehead atoms. The summed E-state index contributed by atoms with van der Waals surface area (Å²) in [6.45, 7) is 9.70. The molecule has 0 aliphatic carbocycles. The van der Waals surface area contributed by atoms with E-state index in [0.717, 1.165) is 43.2 Å². The molecule has 0 aliphatic heterocycles. The fourth-order valence-corrected chi connectivity index (χ4v) is 4.25. The number of aryl methyl sites for hydroxylation is 1. The summed E-state index contributed by atoms with van der Waals surface area (Å²) in [5, 5.41) is 8.75. The molecule has 10 heteroatoms. The highest BCUT2D eigenvalue weighted by Gasteiger charge is 2.12. The molecule has 1 atom stereocenters. The molecular formula is C18H28N6O2S2. The average Bonchev–Trinajstić information content (AvgIpc) is 3.05. The number of azo groups is 1. The summed E-state index contributed by atoms with van der Waals surface area (Å²) < 4.78 is 30.8. The summed E-state index contributed by atoms with van der Waals surface area (Å²) in [7, 11) is -3.32. The Morgan fingerprint density at radius 3 is 2.39 bits per heavy atom. The Morgan fingerprint density at radius 1 is 1.11 bits per heavy atom. The van der Waals surface area contributed by atoms with Gasteiger partial charge in [-0.2, -0.15) is 8.74 Å². The first-order chi connectivity index (χ1) is 13.4. The Balaban J connectivity index is 2.48. The van der Waals surface area contributed by atoms with Crippen molar-refractivity contribution in [2.45, 2.75) is 47.0 Å². The van der Waals surface area contributed by atoms with Crippen LogP contribution in [-0.2, 0) is 10.0 Å². The first kappa shape index (κ1) is 22.4. The molecular weight excluding hydrogens is 396 g/mol. The molecule has 0 radical (unpaired) electrons. The summed E-state index contributed by atoms with van der Waals surface area (Å²) in [5.74, 6) is 0.743. The monoisotopic (exact) mass is 424 g/mol. The van der Waals surface area contributed by atoms with Gasteiger partial charge in [-0.15, -0.1) is 10.2 Å². The number of aromatic nitrogens is 2. The van der Waals surface area contributed by atoms with Gasteiger partial charge < -0.3 is 9.45 Å². The molecule has 0 fully saturated rings. The molecule has 8 nitrogen and oxygen atoms in total. The van der Waals surface area contributed by atoms with Crippen LogP contribution in [0.15, 0.2) is 32.8 Å². The third-order valence-electron chi connectivity index (χ3n) is 3.78. The van der Waals surface area contributed by atoms with Gasteiger partial charge >= 0.3 is 0 Å². The number of nitrogens with zero attached hydrogens (tertiary/aromatic N) is 6. The third kappa shape index (κ3) is 6.61. The molecule has 0 amide bonds. The predicted octanol–water partition coefficient (Wildman–Crippen LogP) is 5.87. The summed E-state index contributed by atoms with van der Waals surface area (Å²) >= 11 is 1.15. The van der Waals surface area contributed by atoms with Crippen molar-refractivity contribution in [3.8, 4) is 0 Å². The van der Waals surface area contributed by atoms with Crippen LogP contribution in [0.1, 0.15) is 45.9 Å². The molecule has 2 rings (SSSR count). The van der Waals surface area contributed by atoms with Crippen molar-refractivity contribution in [2.24, 2.45) is 14.6 Å². The van der Waals surface area contributed by atoms with Crippen molar-refractivity contribution in [1.29, 1.82) is 0 Å². The SMILES string of the molecule is CCCN(CCC)c1ccc(N=Nc2nc(C)ns2)c(N=S(=O)(O)CCC)c1. The second-order valence-corrected chi connectivity index (χ2v) is 8.92. The van der Waals surface area contributed by atoms with Crippen LogP contribution < -0.4 is 4.90 Å².